The molecule has 0 spiro atoms. The van der Waals surface area contributed by atoms with Gasteiger partial charge >= 0.3 is 6.09 Å². The Morgan fingerprint density at radius 2 is 1.93 bits per heavy atom. The monoisotopic (exact) mass is 367 g/mol. The summed E-state index contributed by atoms with van der Waals surface area (Å²) in [6, 6.07) is 13.4. The van der Waals surface area contributed by atoms with Crippen molar-refractivity contribution in [1.82, 2.24) is 5.32 Å². The van der Waals surface area contributed by atoms with Gasteiger partial charge in [0.1, 0.15) is 12.6 Å². The van der Waals surface area contributed by atoms with Crippen LogP contribution >= 0.6 is 0 Å². The minimum atomic E-state index is -0.724. The summed E-state index contributed by atoms with van der Waals surface area (Å²) in [4.78, 5) is 37.9. The number of ether oxygens (including phenoxy) is 1. The zero-order valence-electron chi connectivity index (χ0n) is 15.2. The summed E-state index contributed by atoms with van der Waals surface area (Å²) < 4.78 is 4.93. The fraction of sp³-hybridized carbons (Fsp3) is 0.250. The molecule has 1 heterocycles. The van der Waals surface area contributed by atoms with Gasteiger partial charge in [0.25, 0.3) is 5.91 Å². The Balaban J connectivity index is 1.63. The first-order chi connectivity index (χ1) is 12.9. The van der Waals surface area contributed by atoms with E-state index in [1.165, 1.54) is 4.90 Å². The molecular weight excluding hydrogens is 346 g/mol. The minimum absolute atomic E-state index is 0.310. The third-order valence-electron chi connectivity index (χ3n) is 4.21. The first-order valence-corrected chi connectivity index (χ1v) is 8.67. The number of carbonyl (C=O) groups is 3. The summed E-state index contributed by atoms with van der Waals surface area (Å²) >= 11 is 0. The highest BCUT2D eigenvalue weighted by molar-refractivity contribution is 6.01. The van der Waals surface area contributed by atoms with Crippen molar-refractivity contribution in [3.8, 4) is 0 Å². The van der Waals surface area contributed by atoms with Crippen molar-refractivity contribution in [3.05, 3.63) is 59.7 Å². The van der Waals surface area contributed by atoms with Crippen LogP contribution < -0.4 is 15.5 Å². The fourth-order valence-electron chi connectivity index (χ4n) is 2.76. The second-order valence-corrected chi connectivity index (χ2v) is 6.37. The van der Waals surface area contributed by atoms with E-state index in [4.69, 9.17) is 4.74 Å². The van der Waals surface area contributed by atoms with E-state index in [-0.39, 0.29) is 11.8 Å². The number of rotatable bonds is 5. The average Bonchev–Trinajstić information content (AvgIpc) is 3.08. The third kappa shape index (κ3) is 4.44. The van der Waals surface area contributed by atoms with E-state index in [9.17, 15) is 14.4 Å². The number of hydrogen-bond donors (Lipinski definition) is 2. The molecule has 7 heteroatoms. The van der Waals surface area contributed by atoms with Gasteiger partial charge in [-0.3, -0.25) is 14.5 Å². The molecule has 0 radical (unpaired) electrons. The third-order valence-corrected chi connectivity index (χ3v) is 4.21. The number of benzene rings is 2. The van der Waals surface area contributed by atoms with Crippen LogP contribution in [-0.2, 0) is 9.53 Å². The smallest absolute Gasteiger partial charge is 0.414 e. The molecule has 3 amide bonds. The largest absolute Gasteiger partial charge is 0.447 e. The van der Waals surface area contributed by atoms with Crippen molar-refractivity contribution in [1.29, 1.82) is 0 Å². The Morgan fingerprint density at radius 3 is 2.63 bits per heavy atom. The van der Waals surface area contributed by atoms with Gasteiger partial charge in [0.2, 0.25) is 5.91 Å². The number of nitrogens with zero attached hydrogens (tertiary/aromatic N) is 1. The molecule has 2 aromatic rings. The molecule has 140 valence electrons. The van der Waals surface area contributed by atoms with E-state index in [2.05, 4.69) is 10.6 Å². The molecule has 0 aromatic heterocycles. The van der Waals surface area contributed by atoms with Crippen molar-refractivity contribution < 1.29 is 19.1 Å². The lowest BCUT2D eigenvalue weighted by molar-refractivity contribution is -0.117. The molecule has 1 aliphatic rings. The molecule has 1 atom stereocenters. The van der Waals surface area contributed by atoms with Crippen LogP contribution in [0.3, 0.4) is 0 Å². The Morgan fingerprint density at radius 1 is 1.15 bits per heavy atom. The summed E-state index contributed by atoms with van der Waals surface area (Å²) in [5.41, 5.74) is 2.65. The summed E-state index contributed by atoms with van der Waals surface area (Å²) in [6.45, 7) is 4.33. The standard InChI is InChI=1S/C20H21N3O4/c1-13-5-3-6-15(11-13)19(25)21-14(2)18(24)22-16-7-4-8-17(12-16)23-9-10-27-20(23)26/h3-8,11-12,14H,9-10H2,1-2H3,(H,21,25)(H,22,24)/t14-/m0/s1. The number of hydrogen-bond acceptors (Lipinski definition) is 4. The zero-order valence-corrected chi connectivity index (χ0v) is 15.2. The predicted molar refractivity (Wildman–Crippen MR) is 102 cm³/mol. The van der Waals surface area contributed by atoms with Crippen molar-refractivity contribution in [2.75, 3.05) is 23.4 Å². The fourth-order valence-corrected chi connectivity index (χ4v) is 2.76. The van der Waals surface area contributed by atoms with E-state index < -0.39 is 12.1 Å². The van der Waals surface area contributed by atoms with Gasteiger partial charge in [-0.25, -0.2) is 4.79 Å². The highest BCUT2D eigenvalue weighted by atomic mass is 16.6. The van der Waals surface area contributed by atoms with E-state index >= 15 is 0 Å². The first-order valence-electron chi connectivity index (χ1n) is 8.67. The molecule has 2 N–H and O–H groups in total. The van der Waals surface area contributed by atoms with E-state index in [1.807, 2.05) is 13.0 Å². The lowest BCUT2D eigenvalue weighted by Crippen LogP contribution is -2.41. The van der Waals surface area contributed by atoms with E-state index in [0.717, 1.165) is 5.56 Å². The number of aryl methyl sites for hydroxylation is 1. The van der Waals surface area contributed by atoms with Crippen LogP contribution in [0.1, 0.15) is 22.8 Å². The number of carbonyl (C=O) groups excluding carboxylic acids is 3. The molecule has 7 nitrogen and oxygen atoms in total. The maximum absolute atomic E-state index is 12.4. The number of amides is 3. The molecule has 3 rings (SSSR count). The van der Waals surface area contributed by atoms with Crippen molar-refractivity contribution in [2.24, 2.45) is 0 Å². The SMILES string of the molecule is Cc1cccc(C(=O)N[C@@H](C)C(=O)Nc2cccc(N3CCOC3=O)c2)c1. The summed E-state index contributed by atoms with van der Waals surface area (Å²) in [5.74, 6) is -0.660. The van der Waals surface area contributed by atoms with Crippen molar-refractivity contribution in [2.45, 2.75) is 19.9 Å². The normalized spacial score (nSPS) is 14.4. The van der Waals surface area contributed by atoms with Crippen molar-refractivity contribution >= 4 is 29.3 Å². The lowest BCUT2D eigenvalue weighted by Gasteiger charge is -2.16. The first kappa shape index (κ1) is 18.4. The molecule has 1 saturated heterocycles. The van der Waals surface area contributed by atoms with Crippen LogP contribution in [0, 0.1) is 6.92 Å². The summed E-state index contributed by atoms with van der Waals surface area (Å²) in [5, 5.41) is 5.44. The van der Waals surface area contributed by atoms with E-state index in [1.54, 1.807) is 49.4 Å². The topological polar surface area (TPSA) is 87.7 Å². The van der Waals surface area contributed by atoms with Gasteiger partial charge in [-0.15, -0.1) is 0 Å². The molecular formula is C20H21N3O4. The lowest BCUT2D eigenvalue weighted by atomic mass is 10.1. The molecule has 1 aliphatic heterocycles. The van der Waals surface area contributed by atoms with Gasteiger partial charge in [0.05, 0.1) is 6.54 Å². The molecule has 0 aliphatic carbocycles. The molecule has 1 fully saturated rings. The molecule has 0 unspecified atom stereocenters. The maximum atomic E-state index is 12.4. The Labute approximate surface area is 157 Å². The Bertz CT molecular complexity index is 881. The minimum Gasteiger partial charge on any atom is -0.447 e. The Kier molecular flexibility index (Phi) is 5.40. The van der Waals surface area contributed by atoms with E-state index in [0.29, 0.717) is 30.1 Å². The maximum Gasteiger partial charge on any atom is 0.414 e. The molecule has 0 bridgehead atoms. The van der Waals surface area contributed by atoms with Crippen LogP contribution in [0.25, 0.3) is 0 Å². The van der Waals surface area contributed by atoms with Crippen LogP contribution in [0.5, 0.6) is 0 Å². The molecule has 27 heavy (non-hydrogen) atoms. The number of nitrogens with one attached hydrogen (secondary N) is 2. The van der Waals surface area contributed by atoms with Gasteiger partial charge in [0, 0.05) is 16.9 Å². The van der Waals surface area contributed by atoms with Gasteiger partial charge in [-0.05, 0) is 44.2 Å². The quantitative estimate of drug-likeness (QED) is 0.851. The predicted octanol–water partition coefficient (Wildman–Crippen LogP) is 2.71. The second-order valence-electron chi connectivity index (χ2n) is 6.37. The van der Waals surface area contributed by atoms with Crippen LogP contribution in [0.2, 0.25) is 0 Å². The molecule has 0 saturated carbocycles. The zero-order chi connectivity index (χ0) is 19.4. The molecule has 2 aromatic carbocycles. The Hall–Kier alpha value is -3.35. The van der Waals surface area contributed by atoms with Gasteiger partial charge in [-0.1, -0.05) is 23.8 Å². The highest BCUT2D eigenvalue weighted by Gasteiger charge is 2.24. The summed E-state index contributed by atoms with van der Waals surface area (Å²) in [7, 11) is 0. The summed E-state index contributed by atoms with van der Waals surface area (Å²) in [6.07, 6.45) is -0.405. The van der Waals surface area contributed by atoms with Crippen LogP contribution in [0.15, 0.2) is 48.5 Å². The number of cyclic esters (lactones) is 1. The van der Waals surface area contributed by atoms with Crippen molar-refractivity contribution in [3.63, 3.8) is 0 Å². The number of anilines is 2. The average molecular weight is 367 g/mol. The van der Waals surface area contributed by atoms with Crippen LogP contribution in [0.4, 0.5) is 16.2 Å². The van der Waals surface area contributed by atoms with Gasteiger partial charge in [-0.2, -0.15) is 0 Å². The van der Waals surface area contributed by atoms with Gasteiger partial charge < -0.3 is 15.4 Å². The highest BCUT2D eigenvalue weighted by Crippen LogP contribution is 2.22. The van der Waals surface area contributed by atoms with Gasteiger partial charge in [0.15, 0.2) is 0 Å². The second kappa shape index (κ2) is 7.90. The van der Waals surface area contributed by atoms with Crippen LogP contribution in [-0.4, -0.2) is 37.1 Å².